The molecular formula is C11H13N3O2S. The molecule has 2 N–H and O–H groups in total. The molecule has 0 aliphatic rings. The van der Waals surface area contributed by atoms with E-state index < -0.39 is 10.0 Å². The fraction of sp³-hybridized carbons (Fsp3) is 0.182. The predicted octanol–water partition coefficient (Wildman–Crippen LogP) is 1.20. The van der Waals surface area contributed by atoms with E-state index in [4.69, 9.17) is 0 Å². The van der Waals surface area contributed by atoms with Crippen LogP contribution in [-0.4, -0.2) is 18.4 Å². The lowest BCUT2D eigenvalue weighted by molar-refractivity contribution is 0.579. The molecule has 0 atom stereocenters. The quantitative estimate of drug-likeness (QED) is 0.857. The van der Waals surface area contributed by atoms with Crippen LogP contribution in [-0.2, 0) is 16.6 Å². The second-order valence-corrected chi connectivity index (χ2v) is 5.36. The lowest BCUT2D eigenvalue weighted by Gasteiger charge is -2.07. The maximum atomic E-state index is 12.0. The average Bonchev–Trinajstić information content (AvgIpc) is 2.80. The molecule has 1 heterocycles. The molecule has 2 rings (SSSR count). The first-order valence-electron chi connectivity index (χ1n) is 5.13. The van der Waals surface area contributed by atoms with Crippen LogP contribution < -0.4 is 4.72 Å². The van der Waals surface area contributed by atoms with Crippen molar-refractivity contribution >= 4 is 10.0 Å². The van der Waals surface area contributed by atoms with Crippen molar-refractivity contribution < 1.29 is 8.42 Å². The van der Waals surface area contributed by atoms with Gasteiger partial charge in [0.1, 0.15) is 5.82 Å². The highest BCUT2D eigenvalue weighted by Crippen LogP contribution is 2.13. The van der Waals surface area contributed by atoms with E-state index >= 15 is 0 Å². The first-order chi connectivity index (χ1) is 8.09. The van der Waals surface area contributed by atoms with Gasteiger partial charge in [0, 0.05) is 12.4 Å². The summed E-state index contributed by atoms with van der Waals surface area (Å²) in [4.78, 5) is 7.09. The molecular weight excluding hydrogens is 238 g/mol. The number of hydrogen-bond acceptors (Lipinski definition) is 3. The van der Waals surface area contributed by atoms with Crippen LogP contribution in [0.15, 0.2) is 41.6 Å². The molecule has 0 aliphatic carbocycles. The second-order valence-electron chi connectivity index (χ2n) is 3.63. The fourth-order valence-corrected chi connectivity index (χ4v) is 2.73. The largest absolute Gasteiger partial charge is 0.347 e. The number of nitrogens with zero attached hydrogens (tertiary/aromatic N) is 1. The van der Waals surface area contributed by atoms with Crippen molar-refractivity contribution in [3.05, 3.63) is 48.0 Å². The smallest absolute Gasteiger partial charge is 0.241 e. The molecule has 0 amide bonds. The third-order valence-corrected chi connectivity index (χ3v) is 3.93. The highest BCUT2D eigenvalue weighted by Gasteiger charge is 2.15. The Morgan fingerprint density at radius 3 is 2.76 bits per heavy atom. The van der Waals surface area contributed by atoms with Crippen LogP contribution in [0.3, 0.4) is 0 Å². The molecule has 1 aromatic carbocycles. The van der Waals surface area contributed by atoms with Gasteiger partial charge in [-0.15, -0.1) is 0 Å². The summed E-state index contributed by atoms with van der Waals surface area (Å²) < 4.78 is 26.5. The first-order valence-corrected chi connectivity index (χ1v) is 6.61. The number of aromatic amines is 1. The van der Waals surface area contributed by atoms with Crippen molar-refractivity contribution in [2.24, 2.45) is 0 Å². The van der Waals surface area contributed by atoms with Gasteiger partial charge in [-0.2, -0.15) is 0 Å². The zero-order valence-electron chi connectivity index (χ0n) is 9.34. The fourth-order valence-electron chi connectivity index (χ4n) is 1.49. The summed E-state index contributed by atoms with van der Waals surface area (Å²) in [5.74, 6) is 0.585. The zero-order chi connectivity index (χ0) is 12.3. The van der Waals surface area contributed by atoms with Crippen molar-refractivity contribution in [2.75, 3.05) is 0 Å². The van der Waals surface area contributed by atoms with E-state index in [0.717, 1.165) is 5.56 Å². The Hall–Kier alpha value is -1.66. The minimum atomic E-state index is -3.48. The number of benzene rings is 1. The number of aromatic nitrogens is 2. The number of sulfonamides is 1. The van der Waals surface area contributed by atoms with Gasteiger partial charge in [0.15, 0.2) is 0 Å². The number of nitrogens with one attached hydrogen (secondary N) is 2. The standard InChI is InChI=1S/C11H13N3O2S/c1-9-4-2-3-5-10(9)17(15,16)14-8-11-12-6-7-13-11/h2-7,14H,8H2,1H3,(H,12,13). The molecule has 0 aliphatic heterocycles. The van der Waals surface area contributed by atoms with Crippen LogP contribution in [0.2, 0.25) is 0 Å². The predicted molar refractivity (Wildman–Crippen MR) is 63.8 cm³/mol. The molecule has 17 heavy (non-hydrogen) atoms. The van der Waals surface area contributed by atoms with Crippen LogP contribution in [0.5, 0.6) is 0 Å². The van der Waals surface area contributed by atoms with Crippen molar-refractivity contribution in [2.45, 2.75) is 18.4 Å². The summed E-state index contributed by atoms with van der Waals surface area (Å²) in [6.45, 7) is 1.92. The zero-order valence-corrected chi connectivity index (χ0v) is 10.2. The minimum absolute atomic E-state index is 0.156. The molecule has 90 valence electrons. The van der Waals surface area contributed by atoms with Gasteiger partial charge in [0.05, 0.1) is 11.4 Å². The minimum Gasteiger partial charge on any atom is -0.347 e. The Balaban J connectivity index is 2.17. The van der Waals surface area contributed by atoms with E-state index in [2.05, 4.69) is 14.7 Å². The van der Waals surface area contributed by atoms with E-state index in [0.29, 0.717) is 10.7 Å². The average molecular weight is 251 g/mol. The van der Waals surface area contributed by atoms with Gasteiger partial charge in [0.25, 0.3) is 0 Å². The number of aryl methyl sites for hydroxylation is 1. The normalized spacial score (nSPS) is 11.6. The van der Waals surface area contributed by atoms with Gasteiger partial charge in [-0.25, -0.2) is 18.1 Å². The lowest BCUT2D eigenvalue weighted by atomic mass is 10.2. The number of rotatable bonds is 4. The van der Waals surface area contributed by atoms with E-state index in [1.165, 1.54) is 0 Å². The van der Waals surface area contributed by atoms with Crippen molar-refractivity contribution in [1.29, 1.82) is 0 Å². The number of H-pyrrole nitrogens is 1. The molecule has 0 saturated carbocycles. The lowest BCUT2D eigenvalue weighted by Crippen LogP contribution is -2.24. The second kappa shape index (κ2) is 4.68. The first kappa shape index (κ1) is 11.8. The van der Waals surface area contributed by atoms with Crippen molar-refractivity contribution in [3.63, 3.8) is 0 Å². The monoisotopic (exact) mass is 251 g/mol. The highest BCUT2D eigenvalue weighted by atomic mass is 32.2. The molecule has 0 spiro atoms. The Morgan fingerprint density at radius 1 is 1.35 bits per heavy atom. The summed E-state index contributed by atoms with van der Waals surface area (Å²) in [7, 11) is -3.48. The Morgan fingerprint density at radius 2 is 2.12 bits per heavy atom. The molecule has 0 radical (unpaired) electrons. The van der Waals surface area contributed by atoms with Gasteiger partial charge < -0.3 is 4.98 Å². The van der Waals surface area contributed by atoms with Gasteiger partial charge in [-0.3, -0.25) is 0 Å². The Bertz CT molecular complexity index is 591. The molecule has 0 saturated heterocycles. The molecule has 0 unspecified atom stereocenters. The molecule has 2 aromatic rings. The summed E-state index contributed by atoms with van der Waals surface area (Å²) in [6, 6.07) is 6.86. The summed E-state index contributed by atoms with van der Waals surface area (Å²) in [6.07, 6.45) is 3.23. The highest BCUT2D eigenvalue weighted by molar-refractivity contribution is 7.89. The van der Waals surface area contributed by atoms with Crippen molar-refractivity contribution in [3.8, 4) is 0 Å². The Kier molecular flexibility index (Phi) is 3.26. The van der Waals surface area contributed by atoms with Crippen LogP contribution >= 0.6 is 0 Å². The van der Waals surface area contributed by atoms with E-state index in [-0.39, 0.29) is 6.54 Å². The number of imidazole rings is 1. The topological polar surface area (TPSA) is 74.8 Å². The van der Waals surface area contributed by atoms with E-state index in [1.807, 2.05) is 0 Å². The molecule has 6 heteroatoms. The van der Waals surface area contributed by atoms with Crippen LogP contribution in [0.1, 0.15) is 11.4 Å². The maximum absolute atomic E-state index is 12.0. The third-order valence-electron chi connectivity index (χ3n) is 2.37. The Labute approximate surface area is 100.0 Å². The molecule has 1 aromatic heterocycles. The van der Waals surface area contributed by atoms with E-state index in [1.54, 1.807) is 43.6 Å². The van der Waals surface area contributed by atoms with Crippen molar-refractivity contribution in [1.82, 2.24) is 14.7 Å². The van der Waals surface area contributed by atoms with Gasteiger partial charge >= 0.3 is 0 Å². The van der Waals surface area contributed by atoms with Crippen LogP contribution in [0, 0.1) is 6.92 Å². The SMILES string of the molecule is Cc1ccccc1S(=O)(=O)NCc1ncc[nH]1. The summed E-state index contributed by atoms with van der Waals surface area (Å²) in [5, 5.41) is 0. The van der Waals surface area contributed by atoms with Gasteiger partial charge in [0.2, 0.25) is 10.0 Å². The van der Waals surface area contributed by atoms with Gasteiger partial charge in [-0.1, -0.05) is 18.2 Å². The summed E-state index contributed by atoms with van der Waals surface area (Å²) in [5.41, 5.74) is 0.722. The number of hydrogen-bond donors (Lipinski definition) is 2. The molecule has 0 bridgehead atoms. The molecule has 0 fully saturated rings. The third kappa shape index (κ3) is 2.72. The van der Waals surface area contributed by atoms with Crippen LogP contribution in [0.25, 0.3) is 0 Å². The summed E-state index contributed by atoms with van der Waals surface area (Å²) >= 11 is 0. The van der Waals surface area contributed by atoms with Gasteiger partial charge in [-0.05, 0) is 18.6 Å². The molecule has 5 nitrogen and oxygen atoms in total. The van der Waals surface area contributed by atoms with E-state index in [9.17, 15) is 8.42 Å². The van der Waals surface area contributed by atoms with Crippen LogP contribution in [0.4, 0.5) is 0 Å². The maximum Gasteiger partial charge on any atom is 0.241 e.